The Bertz CT molecular complexity index is 816. The highest BCUT2D eigenvalue weighted by molar-refractivity contribution is 6.31. The molecule has 1 aromatic heterocycles. The molecule has 0 bridgehead atoms. The van der Waals surface area contributed by atoms with E-state index >= 15 is 0 Å². The highest BCUT2D eigenvalue weighted by Crippen LogP contribution is 2.27. The van der Waals surface area contributed by atoms with Crippen LogP contribution in [0.2, 0.25) is 5.02 Å². The minimum Gasteiger partial charge on any atom is -0.344 e. The second-order valence-corrected chi connectivity index (χ2v) is 5.59. The van der Waals surface area contributed by atoms with Gasteiger partial charge in [-0.3, -0.25) is 14.5 Å². The van der Waals surface area contributed by atoms with Crippen LogP contribution in [0, 0.1) is 6.57 Å². The number of amides is 1. The second-order valence-electron chi connectivity index (χ2n) is 5.15. The Kier molecular flexibility index (Phi) is 4.13. The maximum atomic E-state index is 11.8. The first-order chi connectivity index (χ1) is 11.1. The first kappa shape index (κ1) is 15.3. The van der Waals surface area contributed by atoms with Gasteiger partial charge in [0.05, 0.1) is 5.52 Å². The molecule has 116 valence electrons. The van der Waals surface area contributed by atoms with Gasteiger partial charge in [0.15, 0.2) is 0 Å². The molecule has 0 radical (unpaired) electrons. The third-order valence-electron chi connectivity index (χ3n) is 3.84. The largest absolute Gasteiger partial charge is 0.344 e. The molecule has 7 heteroatoms. The molecule has 0 N–H and O–H groups in total. The van der Waals surface area contributed by atoms with E-state index in [4.69, 9.17) is 18.2 Å². The fourth-order valence-corrected chi connectivity index (χ4v) is 2.88. The summed E-state index contributed by atoms with van der Waals surface area (Å²) in [6.45, 7) is 12.3. The zero-order chi connectivity index (χ0) is 16.4. The number of rotatable bonds is 2. The van der Waals surface area contributed by atoms with Gasteiger partial charge in [-0.1, -0.05) is 18.2 Å². The molecule has 1 unspecified atom stereocenters. The summed E-state index contributed by atoms with van der Waals surface area (Å²) >= 11 is 6.00. The van der Waals surface area contributed by atoms with Crippen molar-refractivity contribution in [2.75, 3.05) is 24.5 Å². The standard InChI is InChI=1S/C16H14ClN5O/c1-3-15(23)22-7-6-21(9-14(22)18-2)16-12-5-4-11(17)8-13(12)19-10-20-16/h3-5,8,10,14H,1,6-7,9H2. The Morgan fingerprint density at radius 2 is 2.26 bits per heavy atom. The highest BCUT2D eigenvalue weighted by Gasteiger charge is 2.34. The molecular weight excluding hydrogens is 314 g/mol. The van der Waals surface area contributed by atoms with E-state index in [1.807, 2.05) is 11.0 Å². The Balaban J connectivity index is 1.94. The molecular formula is C16H14ClN5O. The van der Waals surface area contributed by atoms with E-state index in [9.17, 15) is 4.79 Å². The highest BCUT2D eigenvalue weighted by atomic mass is 35.5. The minimum atomic E-state index is -0.549. The van der Waals surface area contributed by atoms with Gasteiger partial charge in [-0.15, -0.1) is 0 Å². The van der Waals surface area contributed by atoms with Gasteiger partial charge in [0.2, 0.25) is 0 Å². The van der Waals surface area contributed by atoms with Crippen molar-refractivity contribution < 1.29 is 4.79 Å². The molecule has 3 rings (SSSR count). The van der Waals surface area contributed by atoms with Gasteiger partial charge < -0.3 is 4.90 Å². The molecule has 23 heavy (non-hydrogen) atoms. The number of piperazine rings is 1. The van der Waals surface area contributed by atoms with Crippen molar-refractivity contribution in [1.29, 1.82) is 0 Å². The van der Waals surface area contributed by atoms with Crippen LogP contribution in [0.15, 0.2) is 37.2 Å². The third-order valence-corrected chi connectivity index (χ3v) is 4.07. The first-order valence-corrected chi connectivity index (χ1v) is 7.46. The SMILES string of the molecule is [C-]#[N+]C1CN(c2ncnc3cc(Cl)ccc23)CCN1C(=O)C=C. The maximum absolute atomic E-state index is 11.8. The van der Waals surface area contributed by atoms with Gasteiger partial charge in [0, 0.05) is 23.5 Å². The first-order valence-electron chi connectivity index (χ1n) is 7.09. The lowest BCUT2D eigenvalue weighted by Crippen LogP contribution is -2.53. The number of halogens is 1. The minimum absolute atomic E-state index is 0.218. The zero-order valence-electron chi connectivity index (χ0n) is 12.3. The summed E-state index contributed by atoms with van der Waals surface area (Å²) in [5, 5.41) is 1.49. The zero-order valence-corrected chi connectivity index (χ0v) is 13.1. The number of anilines is 1. The normalized spacial score (nSPS) is 17.8. The molecule has 1 aliphatic rings. The van der Waals surface area contributed by atoms with Crippen LogP contribution in [0.5, 0.6) is 0 Å². The van der Waals surface area contributed by atoms with Crippen LogP contribution in [0.4, 0.5) is 5.82 Å². The van der Waals surface area contributed by atoms with Crippen LogP contribution in [0.1, 0.15) is 0 Å². The fourth-order valence-electron chi connectivity index (χ4n) is 2.71. The molecule has 1 aliphatic heterocycles. The average Bonchev–Trinajstić information content (AvgIpc) is 2.59. The molecule has 2 aromatic rings. The molecule has 0 saturated carbocycles. The lowest BCUT2D eigenvalue weighted by molar-refractivity contribution is -0.127. The van der Waals surface area contributed by atoms with Crippen LogP contribution in [0.25, 0.3) is 15.7 Å². The summed E-state index contributed by atoms with van der Waals surface area (Å²) in [6, 6.07) is 5.45. The lowest BCUT2D eigenvalue weighted by atomic mass is 10.2. The Labute approximate surface area is 138 Å². The van der Waals surface area contributed by atoms with Crippen LogP contribution in [-0.4, -0.2) is 46.6 Å². The van der Waals surface area contributed by atoms with E-state index in [0.29, 0.717) is 24.7 Å². The summed E-state index contributed by atoms with van der Waals surface area (Å²) in [6.07, 6.45) is 2.18. The number of aromatic nitrogens is 2. The molecule has 1 aromatic carbocycles. The van der Waals surface area contributed by atoms with E-state index < -0.39 is 6.17 Å². The quantitative estimate of drug-likeness (QED) is 0.627. The Morgan fingerprint density at radius 1 is 1.43 bits per heavy atom. The van der Waals surface area contributed by atoms with E-state index in [-0.39, 0.29) is 5.91 Å². The van der Waals surface area contributed by atoms with E-state index in [2.05, 4.69) is 21.4 Å². The summed E-state index contributed by atoms with van der Waals surface area (Å²) in [4.78, 5) is 27.5. The van der Waals surface area contributed by atoms with E-state index in [1.54, 1.807) is 12.1 Å². The smallest absolute Gasteiger partial charge is 0.318 e. The number of carbonyl (C=O) groups is 1. The maximum Gasteiger partial charge on any atom is 0.318 e. The molecule has 1 saturated heterocycles. The van der Waals surface area contributed by atoms with Crippen molar-refractivity contribution in [2.24, 2.45) is 0 Å². The second kappa shape index (κ2) is 6.23. The van der Waals surface area contributed by atoms with Crippen molar-refractivity contribution in [1.82, 2.24) is 14.9 Å². The van der Waals surface area contributed by atoms with Gasteiger partial charge in [-0.25, -0.2) is 16.5 Å². The monoisotopic (exact) mass is 327 g/mol. The molecule has 1 atom stereocenters. The number of hydrogen-bond donors (Lipinski definition) is 0. The van der Waals surface area contributed by atoms with E-state index in [0.717, 1.165) is 16.7 Å². The van der Waals surface area contributed by atoms with Crippen molar-refractivity contribution in [3.05, 3.63) is 53.6 Å². The third kappa shape index (κ3) is 2.83. The average molecular weight is 328 g/mol. The van der Waals surface area contributed by atoms with Crippen LogP contribution < -0.4 is 4.90 Å². The lowest BCUT2D eigenvalue weighted by Gasteiger charge is -2.35. The molecule has 6 nitrogen and oxygen atoms in total. The summed E-state index contributed by atoms with van der Waals surface area (Å²) < 4.78 is 0. The Morgan fingerprint density at radius 3 is 3.00 bits per heavy atom. The van der Waals surface area contributed by atoms with Crippen molar-refractivity contribution in [3.8, 4) is 0 Å². The summed E-state index contributed by atoms with van der Waals surface area (Å²) in [7, 11) is 0. The van der Waals surface area contributed by atoms with E-state index in [1.165, 1.54) is 17.3 Å². The van der Waals surface area contributed by atoms with Crippen molar-refractivity contribution in [2.45, 2.75) is 6.17 Å². The summed E-state index contributed by atoms with van der Waals surface area (Å²) in [5.41, 5.74) is 0.756. The molecule has 0 aliphatic carbocycles. The van der Waals surface area contributed by atoms with Gasteiger partial charge in [0.1, 0.15) is 18.7 Å². The van der Waals surface area contributed by atoms with Crippen molar-refractivity contribution >= 4 is 34.2 Å². The van der Waals surface area contributed by atoms with Gasteiger partial charge in [0.25, 0.3) is 5.91 Å². The van der Waals surface area contributed by atoms with Gasteiger partial charge in [-0.2, -0.15) is 0 Å². The van der Waals surface area contributed by atoms with Crippen molar-refractivity contribution in [3.63, 3.8) is 0 Å². The molecule has 0 spiro atoms. The number of fused-ring (bicyclic) bond motifs is 1. The number of nitrogens with zero attached hydrogens (tertiary/aromatic N) is 5. The number of hydrogen-bond acceptors (Lipinski definition) is 4. The van der Waals surface area contributed by atoms with Crippen LogP contribution in [0.3, 0.4) is 0 Å². The van der Waals surface area contributed by atoms with Gasteiger partial charge >= 0.3 is 6.17 Å². The molecule has 1 fully saturated rings. The van der Waals surface area contributed by atoms with Crippen LogP contribution in [-0.2, 0) is 4.79 Å². The fraction of sp³-hybridized carbons (Fsp3) is 0.250. The summed E-state index contributed by atoms with van der Waals surface area (Å²) in [5.74, 6) is 0.538. The molecule has 2 heterocycles. The topological polar surface area (TPSA) is 53.7 Å². The van der Waals surface area contributed by atoms with Gasteiger partial charge in [-0.05, 0) is 24.3 Å². The van der Waals surface area contributed by atoms with Crippen LogP contribution >= 0.6 is 11.6 Å². The number of carbonyl (C=O) groups excluding carboxylic acids is 1. The number of benzene rings is 1. The predicted molar refractivity (Wildman–Crippen MR) is 89.1 cm³/mol. The predicted octanol–water partition coefficient (Wildman–Crippen LogP) is 2.36. The Hall–Kier alpha value is -2.65. The molecule has 1 amide bonds.